The summed E-state index contributed by atoms with van der Waals surface area (Å²) in [5, 5.41) is 10.5. The third-order valence-corrected chi connectivity index (χ3v) is 3.35. The van der Waals surface area contributed by atoms with Crippen LogP contribution in [0.15, 0.2) is 18.2 Å². The van der Waals surface area contributed by atoms with Crippen LogP contribution in [0.3, 0.4) is 0 Å². The minimum Gasteiger partial charge on any atom is -0.299 e. The van der Waals surface area contributed by atoms with Gasteiger partial charge in [0.25, 0.3) is 0 Å². The highest BCUT2D eigenvalue weighted by Gasteiger charge is 2.46. The fourth-order valence-electron chi connectivity index (χ4n) is 2.00. The highest BCUT2D eigenvalue weighted by Crippen LogP contribution is 2.49. The van der Waals surface area contributed by atoms with Gasteiger partial charge in [0.15, 0.2) is 0 Å². The second-order valence-electron chi connectivity index (χ2n) is 4.56. The molecule has 0 amide bonds. The number of benzene rings is 1. The second-order valence-corrected chi connectivity index (χ2v) is 4.56. The molecule has 2 rings (SSSR count). The number of nitro benzene ring substituents is 1. The number of Topliss-reactive ketones (excluding diaryl/α,β-unsaturated/α-hetero) is 1. The van der Waals surface area contributed by atoms with Gasteiger partial charge in [-0.2, -0.15) is 4.39 Å². The summed E-state index contributed by atoms with van der Waals surface area (Å²) in [5.74, 6) is -0.733. The Morgan fingerprint density at radius 3 is 2.59 bits per heavy atom. The Labute approximate surface area is 97.6 Å². The Morgan fingerprint density at radius 2 is 2.18 bits per heavy atom. The maximum absolute atomic E-state index is 13.4. The van der Waals surface area contributed by atoms with E-state index in [0.717, 1.165) is 25.0 Å². The van der Waals surface area contributed by atoms with Crippen molar-refractivity contribution in [3.05, 3.63) is 39.7 Å². The zero-order valence-electron chi connectivity index (χ0n) is 9.40. The summed E-state index contributed by atoms with van der Waals surface area (Å²) < 4.78 is 13.4. The molecule has 0 atom stereocenters. The van der Waals surface area contributed by atoms with Gasteiger partial charge in [-0.3, -0.25) is 14.9 Å². The van der Waals surface area contributed by atoms with Crippen LogP contribution in [-0.4, -0.2) is 10.7 Å². The van der Waals surface area contributed by atoms with Crippen molar-refractivity contribution in [3.8, 4) is 0 Å². The van der Waals surface area contributed by atoms with Crippen molar-refractivity contribution >= 4 is 11.5 Å². The molecule has 0 unspecified atom stereocenters. The third-order valence-electron chi connectivity index (χ3n) is 3.35. The Balaban J connectivity index is 2.22. The highest BCUT2D eigenvalue weighted by atomic mass is 19.1. The number of nitro groups is 1. The largest absolute Gasteiger partial charge is 0.304 e. The van der Waals surface area contributed by atoms with E-state index < -0.39 is 16.4 Å². The van der Waals surface area contributed by atoms with E-state index in [9.17, 15) is 19.3 Å². The molecule has 1 aliphatic rings. The first-order chi connectivity index (χ1) is 7.94. The molecule has 5 heteroatoms. The van der Waals surface area contributed by atoms with E-state index >= 15 is 0 Å². The molecule has 4 nitrogen and oxygen atoms in total. The van der Waals surface area contributed by atoms with E-state index in [1.54, 1.807) is 0 Å². The molecule has 0 saturated heterocycles. The Bertz CT molecular complexity index is 495. The molecule has 1 aromatic rings. The first-order valence-electron chi connectivity index (χ1n) is 5.38. The smallest absolute Gasteiger partial charge is 0.299 e. The molecule has 0 bridgehead atoms. The molecule has 1 aromatic carbocycles. The molecule has 1 fully saturated rings. The van der Waals surface area contributed by atoms with Crippen molar-refractivity contribution in [1.82, 2.24) is 0 Å². The molecular weight excluding hydrogens is 225 g/mol. The number of halogens is 1. The molecule has 1 aliphatic carbocycles. The summed E-state index contributed by atoms with van der Waals surface area (Å²) in [6.45, 7) is 1.54. The summed E-state index contributed by atoms with van der Waals surface area (Å²) in [7, 11) is 0. The highest BCUT2D eigenvalue weighted by molar-refractivity contribution is 5.85. The van der Waals surface area contributed by atoms with Gasteiger partial charge in [-0.15, -0.1) is 0 Å². The summed E-state index contributed by atoms with van der Waals surface area (Å²) in [6, 6.07) is 3.83. The lowest BCUT2D eigenvalue weighted by atomic mass is 9.93. The van der Waals surface area contributed by atoms with Crippen molar-refractivity contribution in [2.75, 3.05) is 0 Å². The van der Waals surface area contributed by atoms with Gasteiger partial charge < -0.3 is 0 Å². The predicted molar refractivity (Wildman–Crippen MR) is 59.1 cm³/mol. The summed E-state index contributed by atoms with van der Waals surface area (Å²) in [6.07, 6.45) is 2.11. The molecule has 0 aliphatic heterocycles. The van der Waals surface area contributed by atoms with Crippen LogP contribution in [0.1, 0.15) is 25.3 Å². The molecule has 0 N–H and O–H groups in total. The average Bonchev–Trinajstić information content (AvgIpc) is 2.98. The summed E-state index contributed by atoms with van der Waals surface area (Å²) >= 11 is 0. The van der Waals surface area contributed by atoms with Gasteiger partial charge >= 0.3 is 5.69 Å². The minimum atomic E-state index is -0.841. The lowest BCUT2D eigenvalue weighted by Crippen LogP contribution is -2.15. The number of carbonyl (C=O) groups is 1. The first kappa shape index (κ1) is 11.7. The van der Waals surface area contributed by atoms with Gasteiger partial charge in [0.05, 0.1) is 4.92 Å². The second kappa shape index (κ2) is 3.91. The minimum absolute atomic E-state index is 0.108. The fraction of sp³-hybridized carbons (Fsp3) is 0.417. The molecule has 0 radical (unpaired) electrons. The number of hydrogen-bond donors (Lipinski definition) is 0. The zero-order valence-corrected chi connectivity index (χ0v) is 9.40. The standard InChI is InChI=1S/C12H12FNO3/c1-8(15)12(4-5-12)7-9-2-3-11(14(16)17)10(13)6-9/h2-3,6H,4-5,7H2,1H3. The van der Waals surface area contributed by atoms with Crippen LogP contribution in [0.4, 0.5) is 10.1 Å². The molecule has 1 saturated carbocycles. The molecule has 0 aromatic heterocycles. The average molecular weight is 237 g/mol. The topological polar surface area (TPSA) is 60.2 Å². The molecule has 0 heterocycles. The van der Waals surface area contributed by atoms with Gasteiger partial charge in [-0.1, -0.05) is 6.07 Å². The molecular formula is C12H12FNO3. The number of hydrogen-bond acceptors (Lipinski definition) is 3. The SMILES string of the molecule is CC(=O)C1(Cc2ccc([N+](=O)[O-])c(F)c2)CC1. The Hall–Kier alpha value is -1.78. The number of carbonyl (C=O) groups excluding carboxylic acids is 1. The van der Waals surface area contributed by atoms with E-state index in [4.69, 9.17) is 0 Å². The monoisotopic (exact) mass is 237 g/mol. The van der Waals surface area contributed by atoms with Crippen LogP contribution < -0.4 is 0 Å². The van der Waals surface area contributed by atoms with Crippen molar-refractivity contribution in [1.29, 1.82) is 0 Å². The number of nitrogens with zero attached hydrogens (tertiary/aromatic N) is 1. The van der Waals surface area contributed by atoms with Crippen molar-refractivity contribution in [3.63, 3.8) is 0 Å². The molecule has 90 valence electrons. The van der Waals surface area contributed by atoms with Crippen LogP contribution >= 0.6 is 0 Å². The Morgan fingerprint density at radius 1 is 1.53 bits per heavy atom. The van der Waals surface area contributed by atoms with E-state index in [0.29, 0.717) is 12.0 Å². The maximum Gasteiger partial charge on any atom is 0.304 e. The normalized spacial score (nSPS) is 16.6. The van der Waals surface area contributed by atoms with E-state index in [1.807, 2.05) is 0 Å². The van der Waals surface area contributed by atoms with Gasteiger partial charge in [0.1, 0.15) is 5.78 Å². The summed E-state index contributed by atoms with van der Waals surface area (Å²) in [4.78, 5) is 21.1. The van der Waals surface area contributed by atoms with Crippen LogP contribution in [-0.2, 0) is 11.2 Å². The lowest BCUT2D eigenvalue weighted by Gasteiger charge is -2.10. The zero-order chi connectivity index (χ0) is 12.6. The van der Waals surface area contributed by atoms with E-state index in [2.05, 4.69) is 0 Å². The van der Waals surface area contributed by atoms with Gasteiger partial charge in [0.2, 0.25) is 5.82 Å². The fourth-order valence-corrected chi connectivity index (χ4v) is 2.00. The molecule has 17 heavy (non-hydrogen) atoms. The quantitative estimate of drug-likeness (QED) is 0.597. The van der Waals surface area contributed by atoms with Gasteiger partial charge in [-0.05, 0) is 37.8 Å². The Kier molecular flexibility index (Phi) is 2.69. The van der Waals surface area contributed by atoms with Gasteiger partial charge in [0, 0.05) is 11.5 Å². The summed E-state index contributed by atoms with van der Waals surface area (Å²) in [5.41, 5.74) is -0.232. The third kappa shape index (κ3) is 2.18. The van der Waals surface area contributed by atoms with Crippen LogP contribution in [0.25, 0.3) is 0 Å². The van der Waals surface area contributed by atoms with Gasteiger partial charge in [-0.25, -0.2) is 0 Å². The van der Waals surface area contributed by atoms with Crippen LogP contribution in [0.5, 0.6) is 0 Å². The van der Waals surface area contributed by atoms with Crippen molar-refractivity contribution < 1.29 is 14.1 Å². The lowest BCUT2D eigenvalue weighted by molar-refractivity contribution is -0.387. The molecule has 0 spiro atoms. The number of rotatable bonds is 4. The maximum atomic E-state index is 13.4. The predicted octanol–water partition coefficient (Wildman–Crippen LogP) is 2.65. The van der Waals surface area contributed by atoms with Crippen molar-refractivity contribution in [2.45, 2.75) is 26.2 Å². The van der Waals surface area contributed by atoms with E-state index in [-0.39, 0.29) is 11.2 Å². The number of ketones is 1. The van der Waals surface area contributed by atoms with Crippen LogP contribution in [0.2, 0.25) is 0 Å². The first-order valence-corrected chi connectivity index (χ1v) is 5.38. The van der Waals surface area contributed by atoms with Crippen molar-refractivity contribution in [2.24, 2.45) is 5.41 Å². The van der Waals surface area contributed by atoms with E-state index in [1.165, 1.54) is 13.0 Å². The van der Waals surface area contributed by atoms with Crippen LogP contribution in [0, 0.1) is 21.3 Å².